The predicted octanol–water partition coefficient (Wildman–Crippen LogP) is 0.533. The fourth-order valence-electron chi connectivity index (χ4n) is 2.27. The summed E-state index contributed by atoms with van der Waals surface area (Å²) in [6.45, 7) is 1.36. The Labute approximate surface area is 128 Å². The van der Waals surface area contributed by atoms with Crippen LogP contribution in [-0.2, 0) is 4.74 Å². The first-order valence-electron chi connectivity index (χ1n) is 6.97. The lowest BCUT2D eigenvalue weighted by atomic mass is 10.2. The molecular weight excluding hydrogens is 289 g/mol. The number of anilines is 2. The first-order chi connectivity index (χ1) is 10.6. The smallest absolute Gasteiger partial charge is 0.414 e. The van der Waals surface area contributed by atoms with Gasteiger partial charge in [0.05, 0.1) is 24.3 Å². The highest BCUT2D eigenvalue weighted by Crippen LogP contribution is 2.27. The van der Waals surface area contributed by atoms with Crippen LogP contribution in [0.2, 0.25) is 0 Å². The third kappa shape index (κ3) is 3.34. The zero-order valence-electron chi connectivity index (χ0n) is 12.4. The minimum Gasteiger partial charge on any atom is -0.443 e. The molecular formula is C14H20FN5O2. The van der Waals surface area contributed by atoms with Crippen molar-refractivity contribution in [3.8, 4) is 0 Å². The minimum atomic E-state index is -0.517. The number of ether oxygens (including phenoxy) is 1. The molecule has 0 bridgehead atoms. The standard InChI is InChI=1S/C14H20FN5O2/c1-18-9-19(5-4-16)13-3-2-10(6-12(13)15)20-8-11(7-17)22-14(20)21/h2-3,6,9,11H,4-5,7-8,16-17H2,1H3. The van der Waals surface area contributed by atoms with E-state index in [1.54, 1.807) is 24.1 Å². The molecule has 0 saturated carbocycles. The SMILES string of the molecule is CN=CN(CCN)c1ccc(N2CC(CN)OC2=O)cc1F. The molecule has 1 aliphatic heterocycles. The molecule has 4 N–H and O–H groups in total. The van der Waals surface area contributed by atoms with Crippen LogP contribution in [0, 0.1) is 5.82 Å². The van der Waals surface area contributed by atoms with E-state index >= 15 is 0 Å². The van der Waals surface area contributed by atoms with Crippen LogP contribution in [0.3, 0.4) is 0 Å². The van der Waals surface area contributed by atoms with Gasteiger partial charge in [0.25, 0.3) is 0 Å². The number of hydrogen-bond donors (Lipinski definition) is 2. The molecule has 8 heteroatoms. The summed E-state index contributed by atoms with van der Waals surface area (Å²) in [5.74, 6) is -0.463. The van der Waals surface area contributed by atoms with Crippen LogP contribution < -0.4 is 21.3 Å². The van der Waals surface area contributed by atoms with Crippen LogP contribution >= 0.6 is 0 Å². The van der Waals surface area contributed by atoms with E-state index in [4.69, 9.17) is 16.2 Å². The van der Waals surface area contributed by atoms with Crippen molar-refractivity contribution in [1.29, 1.82) is 0 Å². The highest BCUT2D eigenvalue weighted by atomic mass is 19.1. The Morgan fingerprint density at radius 3 is 2.86 bits per heavy atom. The Morgan fingerprint density at radius 2 is 2.32 bits per heavy atom. The van der Waals surface area contributed by atoms with E-state index in [0.29, 0.717) is 31.0 Å². The van der Waals surface area contributed by atoms with Crippen LogP contribution in [0.4, 0.5) is 20.6 Å². The number of rotatable bonds is 6. The summed E-state index contributed by atoms with van der Waals surface area (Å²) in [7, 11) is 1.60. The van der Waals surface area contributed by atoms with Crippen LogP contribution in [-0.4, -0.2) is 51.8 Å². The highest BCUT2D eigenvalue weighted by Gasteiger charge is 2.31. The molecule has 1 saturated heterocycles. The summed E-state index contributed by atoms with van der Waals surface area (Å²) in [4.78, 5) is 18.6. The Hall–Kier alpha value is -2.19. The lowest BCUT2D eigenvalue weighted by Gasteiger charge is -2.21. The molecule has 1 amide bonds. The van der Waals surface area contributed by atoms with E-state index in [-0.39, 0.29) is 12.6 Å². The molecule has 1 heterocycles. The van der Waals surface area contributed by atoms with Crippen LogP contribution in [0.1, 0.15) is 0 Å². The van der Waals surface area contributed by atoms with Gasteiger partial charge < -0.3 is 21.1 Å². The van der Waals surface area contributed by atoms with Gasteiger partial charge in [0.1, 0.15) is 11.9 Å². The lowest BCUT2D eigenvalue weighted by molar-refractivity contribution is 0.145. The summed E-state index contributed by atoms with van der Waals surface area (Å²) in [6.07, 6.45) is 0.632. The fraction of sp³-hybridized carbons (Fsp3) is 0.429. The molecule has 1 atom stereocenters. The van der Waals surface area contributed by atoms with E-state index in [1.165, 1.54) is 17.3 Å². The summed E-state index contributed by atoms with van der Waals surface area (Å²) in [5, 5.41) is 0. The zero-order chi connectivity index (χ0) is 16.1. The van der Waals surface area contributed by atoms with Gasteiger partial charge in [0.15, 0.2) is 0 Å². The maximum absolute atomic E-state index is 14.4. The molecule has 0 radical (unpaired) electrons. The van der Waals surface area contributed by atoms with Crippen molar-refractivity contribution in [1.82, 2.24) is 0 Å². The van der Waals surface area contributed by atoms with Crippen molar-refractivity contribution < 1.29 is 13.9 Å². The van der Waals surface area contributed by atoms with Crippen LogP contribution in [0.25, 0.3) is 0 Å². The average molecular weight is 309 g/mol. The number of benzene rings is 1. The Bertz CT molecular complexity index is 566. The Morgan fingerprint density at radius 1 is 1.55 bits per heavy atom. The topological polar surface area (TPSA) is 97.2 Å². The van der Waals surface area contributed by atoms with Gasteiger partial charge in [-0.15, -0.1) is 0 Å². The molecule has 22 heavy (non-hydrogen) atoms. The second-order valence-corrected chi connectivity index (χ2v) is 4.84. The highest BCUT2D eigenvalue weighted by molar-refractivity contribution is 5.90. The van der Waals surface area contributed by atoms with Crippen molar-refractivity contribution in [3.05, 3.63) is 24.0 Å². The second-order valence-electron chi connectivity index (χ2n) is 4.84. The Balaban J connectivity index is 2.24. The number of carbonyl (C=O) groups is 1. The number of amides is 1. The number of hydrogen-bond acceptors (Lipinski definition) is 5. The van der Waals surface area contributed by atoms with Crippen molar-refractivity contribution in [2.75, 3.05) is 43.0 Å². The molecule has 1 aromatic rings. The first-order valence-corrected chi connectivity index (χ1v) is 6.97. The summed E-state index contributed by atoms with van der Waals surface area (Å²) in [5.41, 5.74) is 11.8. The number of nitrogens with two attached hydrogens (primary N) is 2. The molecule has 0 aromatic heterocycles. The maximum atomic E-state index is 14.4. The van der Waals surface area contributed by atoms with Gasteiger partial charge in [-0.1, -0.05) is 0 Å². The van der Waals surface area contributed by atoms with Gasteiger partial charge in [-0.3, -0.25) is 9.89 Å². The first kappa shape index (κ1) is 16.2. The lowest BCUT2D eigenvalue weighted by Crippen LogP contribution is -2.29. The van der Waals surface area contributed by atoms with Crippen LogP contribution in [0.15, 0.2) is 23.2 Å². The van der Waals surface area contributed by atoms with Gasteiger partial charge in [-0.05, 0) is 18.2 Å². The number of cyclic esters (lactones) is 1. The minimum absolute atomic E-state index is 0.236. The number of nitrogens with zero attached hydrogens (tertiary/aromatic N) is 3. The number of aliphatic imine (C=N–C) groups is 1. The van der Waals surface area contributed by atoms with Crippen molar-refractivity contribution in [3.63, 3.8) is 0 Å². The molecule has 0 aliphatic carbocycles. The summed E-state index contributed by atoms with van der Waals surface area (Å²) >= 11 is 0. The average Bonchev–Trinajstić information content (AvgIpc) is 2.88. The van der Waals surface area contributed by atoms with E-state index in [1.807, 2.05) is 0 Å². The summed E-state index contributed by atoms with van der Waals surface area (Å²) in [6, 6.07) is 4.54. The number of carbonyl (C=O) groups excluding carboxylic acids is 1. The fourth-order valence-corrected chi connectivity index (χ4v) is 2.27. The molecule has 1 aromatic carbocycles. The van der Waals surface area contributed by atoms with Crippen molar-refractivity contribution >= 4 is 23.8 Å². The van der Waals surface area contributed by atoms with E-state index < -0.39 is 11.9 Å². The van der Waals surface area contributed by atoms with Crippen molar-refractivity contribution in [2.45, 2.75) is 6.10 Å². The van der Waals surface area contributed by atoms with Gasteiger partial charge >= 0.3 is 6.09 Å². The van der Waals surface area contributed by atoms with Gasteiger partial charge in [0, 0.05) is 26.7 Å². The maximum Gasteiger partial charge on any atom is 0.414 e. The van der Waals surface area contributed by atoms with Crippen molar-refractivity contribution in [2.24, 2.45) is 16.5 Å². The molecule has 0 spiro atoms. The number of halogens is 1. The molecule has 7 nitrogen and oxygen atoms in total. The molecule has 120 valence electrons. The van der Waals surface area contributed by atoms with Crippen LogP contribution in [0.5, 0.6) is 0 Å². The molecule has 2 rings (SSSR count). The van der Waals surface area contributed by atoms with Gasteiger partial charge in [0.2, 0.25) is 0 Å². The zero-order valence-corrected chi connectivity index (χ0v) is 12.4. The second kappa shape index (κ2) is 7.19. The largest absolute Gasteiger partial charge is 0.443 e. The summed E-state index contributed by atoms with van der Waals surface area (Å²) < 4.78 is 19.4. The van der Waals surface area contributed by atoms with E-state index in [2.05, 4.69) is 4.99 Å². The third-order valence-corrected chi connectivity index (χ3v) is 3.31. The quantitative estimate of drug-likeness (QED) is 0.590. The molecule has 1 fully saturated rings. The molecule has 1 unspecified atom stereocenters. The molecule has 1 aliphatic rings. The van der Waals surface area contributed by atoms with E-state index in [9.17, 15) is 9.18 Å². The predicted molar refractivity (Wildman–Crippen MR) is 83.9 cm³/mol. The van der Waals surface area contributed by atoms with Gasteiger partial charge in [-0.25, -0.2) is 9.18 Å². The normalized spacial score (nSPS) is 18.1. The third-order valence-electron chi connectivity index (χ3n) is 3.31. The Kier molecular flexibility index (Phi) is 5.29. The monoisotopic (exact) mass is 309 g/mol. The van der Waals surface area contributed by atoms with E-state index in [0.717, 1.165) is 0 Å². The van der Waals surface area contributed by atoms with Gasteiger partial charge in [-0.2, -0.15) is 0 Å².